The number of carbonyl (C=O) groups is 2. The van der Waals surface area contributed by atoms with Gasteiger partial charge in [0.25, 0.3) is 0 Å². The van der Waals surface area contributed by atoms with Gasteiger partial charge >= 0.3 is 0 Å². The molecule has 8 heteroatoms. The fraction of sp³-hybridized carbons (Fsp3) is 0.381. The molecule has 1 fully saturated rings. The number of halogens is 2. The number of nitrogens with one attached hydrogen (secondary N) is 1. The maximum Gasteiger partial charge on any atom is 0.223 e. The predicted molar refractivity (Wildman–Crippen MR) is 115 cm³/mol. The molecule has 1 saturated heterocycles. The van der Waals surface area contributed by atoms with Crippen LogP contribution in [0.3, 0.4) is 0 Å². The quantitative estimate of drug-likeness (QED) is 0.726. The molecule has 1 aliphatic rings. The summed E-state index contributed by atoms with van der Waals surface area (Å²) in [5.41, 5.74) is 0.929. The summed E-state index contributed by atoms with van der Waals surface area (Å²) >= 11 is 12.0. The molecule has 2 amide bonds. The van der Waals surface area contributed by atoms with Crippen LogP contribution in [0.5, 0.6) is 0 Å². The summed E-state index contributed by atoms with van der Waals surface area (Å²) in [6.45, 7) is 3.25. The molecule has 2 heterocycles. The van der Waals surface area contributed by atoms with Crippen molar-refractivity contribution < 1.29 is 9.59 Å². The number of amides is 2. The minimum absolute atomic E-state index is 0.0153. The number of benzene rings is 1. The van der Waals surface area contributed by atoms with E-state index in [2.05, 4.69) is 15.2 Å². The highest BCUT2D eigenvalue weighted by Gasteiger charge is 2.22. The van der Waals surface area contributed by atoms with Gasteiger partial charge in [-0.1, -0.05) is 35.3 Å². The number of hydrogen-bond acceptors (Lipinski definition) is 4. The monoisotopic (exact) mass is 434 g/mol. The first kappa shape index (κ1) is 21.4. The summed E-state index contributed by atoms with van der Waals surface area (Å²) in [6, 6.07) is 11.1. The molecule has 29 heavy (non-hydrogen) atoms. The number of piperazine rings is 1. The lowest BCUT2D eigenvalue weighted by molar-refractivity contribution is -0.133. The Hall–Kier alpha value is -2.31. The van der Waals surface area contributed by atoms with Crippen molar-refractivity contribution in [2.45, 2.75) is 19.3 Å². The summed E-state index contributed by atoms with van der Waals surface area (Å²) in [4.78, 5) is 32.8. The van der Waals surface area contributed by atoms with Crippen LogP contribution >= 0.6 is 23.2 Å². The molecule has 1 aromatic heterocycles. The maximum absolute atomic E-state index is 12.4. The Balaban J connectivity index is 1.34. The Morgan fingerprint density at radius 2 is 1.83 bits per heavy atom. The largest absolute Gasteiger partial charge is 0.356 e. The maximum atomic E-state index is 12.4. The Kier molecular flexibility index (Phi) is 7.72. The van der Waals surface area contributed by atoms with Crippen molar-refractivity contribution in [1.82, 2.24) is 15.2 Å². The second kappa shape index (κ2) is 10.5. The molecule has 6 nitrogen and oxygen atoms in total. The van der Waals surface area contributed by atoms with Crippen LogP contribution in [-0.2, 0) is 16.0 Å². The van der Waals surface area contributed by atoms with Crippen molar-refractivity contribution in [1.29, 1.82) is 0 Å². The van der Waals surface area contributed by atoms with Gasteiger partial charge in [0, 0.05) is 61.8 Å². The van der Waals surface area contributed by atoms with Crippen molar-refractivity contribution >= 4 is 40.8 Å². The van der Waals surface area contributed by atoms with E-state index in [-0.39, 0.29) is 24.7 Å². The van der Waals surface area contributed by atoms with E-state index in [9.17, 15) is 9.59 Å². The third-order valence-electron chi connectivity index (χ3n) is 4.90. The number of rotatable bonds is 7. The van der Waals surface area contributed by atoms with Crippen molar-refractivity contribution in [2.75, 3.05) is 37.6 Å². The van der Waals surface area contributed by atoms with Gasteiger partial charge in [-0.2, -0.15) is 0 Å². The van der Waals surface area contributed by atoms with Crippen LogP contribution in [0.2, 0.25) is 10.0 Å². The van der Waals surface area contributed by atoms with Gasteiger partial charge in [0.2, 0.25) is 11.8 Å². The van der Waals surface area contributed by atoms with Gasteiger partial charge in [0.05, 0.1) is 0 Å². The smallest absolute Gasteiger partial charge is 0.223 e. The van der Waals surface area contributed by atoms with E-state index >= 15 is 0 Å². The standard InChI is InChI=1S/C21H24Cl2N4O2/c22-17-5-4-16(18(23)15-17)8-10-25-20(28)6-7-21(29)27-13-11-26(12-14-27)19-3-1-2-9-24-19/h1-5,9,15H,6-8,10-14H2,(H,25,28). The van der Waals surface area contributed by atoms with E-state index in [1.165, 1.54) is 0 Å². The van der Waals surface area contributed by atoms with Gasteiger partial charge in [-0.25, -0.2) is 4.98 Å². The Labute approximate surface area is 180 Å². The zero-order valence-electron chi connectivity index (χ0n) is 16.1. The fourth-order valence-corrected chi connectivity index (χ4v) is 3.76. The van der Waals surface area contributed by atoms with E-state index in [4.69, 9.17) is 23.2 Å². The van der Waals surface area contributed by atoms with Crippen LogP contribution in [0, 0.1) is 0 Å². The molecule has 1 aromatic carbocycles. The molecule has 1 aliphatic heterocycles. The molecule has 1 N–H and O–H groups in total. The number of nitrogens with zero attached hydrogens (tertiary/aromatic N) is 3. The predicted octanol–water partition coefficient (Wildman–Crippen LogP) is 3.18. The molecule has 0 unspecified atom stereocenters. The first-order chi connectivity index (χ1) is 14.0. The zero-order valence-corrected chi connectivity index (χ0v) is 17.6. The highest BCUT2D eigenvalue weighted by Crippen LogP contribution is 2.21. The lowest BCUT2D eigenvalue weighted by Crippen LogP contribution is -2.49. The number of carbonyl (C=O) groups excluding carboxylic acids is 2. The minimum atomic E-state index is -0.129. The Bertz CT molecular complexity index is 840. The molecule has 0 saturated carbocycles. The van der Waals surface area contributed by atoms with Crippen LogP contribution in [0.4, 0.5) is 5.82 Å². The Morgan fingerprint density at radius 3 is 2.52 bits per heavy atom. The molecule has 0 bridgehead atoms. The van der Waals surface area contributed by atoms with E-state index in [0.717, 1.165) is 24.5 Å². The average Bonchev–Trinajstić information content (AvgIpc) is 2.74. The van der Waals surface area contributed by atoms with Gasteiger partial charge in [0.15, 0.2) is 0 Å². The zero-order chi connectivity index (χ0) is 20.6. The van der Waals surface area contributed by atoms with Gasteiger partial charge in [0.1, 0.15) is 5.82 Å². The Morgan fingerprint density at radius 1 is 1.03 bits per heavy atom. The first-order valence-electron chi connectivity index (χ1n) is 9.67. The SMILES string of the molecule is O=C(CCC(=O)N1CCN(c2ccccn2)CC1)NCCc1ccc(Cl)cc1Cl. The van der Waals surface area contributed by atoms with Gasteiger partial charge in [-0.05, 0) is 36.2 Å². The second-order valence-corrected chi connectivity index (χ2v) is 7.74. The van der Waals surface area contributed by atoms with E-state index in [0.29, 0.717) is 36.1 Å². The third kappa shape index (κ3) is 6.34. The molecular formula is C21H24Cl2N4O2. The molecule has 3 rings (SSSR count). The minimum Gasteiger partial charge on any atom is -0.356 e. The highest BCUT2D eigenvalue weighted by molar-refractivity contribution is 6.35. The topological polar surface area (TPSA) is 65.5 Å². The molecule has 0 spiro atoms. The molecule has 154 valence electrons. The molecule has 0 atom stereocenters. The summed E-state index contributed by atoms with van der Waals surface area (Å²) in [5, 5.41) is 4.02. The van der Waals surface area contributed by atoms with Crippen LogP contribution in [-0.4, -0.2) is 54.4 Å². The summed E-state index contributed by atoms with van der Waals surface area (Å²) in [5.74, 6) is 0.817. The summed E-state index contributed by atoms with van der Waals surface area (Å²) < 4.78 is 0. The van der Waals surface area contributed by atoms with Gasteiger partial charge in [-0.3, -0.25) is 9.59 Å². The van der Waals surface area contributed by atoms with Crippen molar-refractivity contribution in [3.05, 3.63) is 58.2 Å². The van der Waals surface area contributed by atoms with Crippen molar-refractivity contribution in [3.8, 4) is 0 Å². The number of pyridine rings is 1. The number of anilines is 1. The normalized spacial score (nSPS) is 14.0. The highest BCUT2D eigenvalue weighted by atomic mass is 35.5. The second-order valence-electron chi connectivity index (χ2n) is 6.89. The number of aromatic nitrogens is 1. The van der Waals surface area contributed by atoms with Gasteiger partial charge < -0.3 is 15.1 Å². The first-order valence-corrected chi connectivity index (χ1v) is 10.4. The third-order valence-corrected chi connectivity index (χ3v) is 5.49. The molecule has 0 aliphatic carbocycles. The molecule has 0 radical (unpaired) electrons. The summed E-state index contributed by atoms with van der Waals surface area (Å²) in [7, 11) is 0. The molecular weight excluding hydrogens is 411 g/mol. The van der Waals surface area contributed by atoms with E-state index in [1.54, 1.807) is 18.3 Å². The molecule has 2 aromatic rings. The van der Waals surface area contributed by atoms with Crippen molar-refractivity contribution in [3.63, 3.8) is 0 Å². The van der Waals surface area contributed by atoms with Crippen LogP contribution in [0.1, 0.15) is 18.4 Å². The fourth-order valence-electron chi connectivity index (χ4n) is 3.25. The lowest BCUT2D eigenvalue weighted by atomic mass is 10.1. The summed E-state index contributed by atoms with van der Waals surface area (Å²) in [6.07, 6.45) is 2.79. The van der Waals surface area contributed by atoms with Crippen molar-refractivity contribution in [2.24, 2.45) is 0 Å². The van der Waals surface area contributed by atoms with E-state index in [1.807, 2.05) is 29.2 Å². The van der Waals surface area contributed by atoms with Crippen LogP contribution in [0.15, 0.2) is 42.6 Å². The van der Waals surface area contributed by atoms with Crippen LogP contribution < -0.4 is 10.2 Å². The van der Waals surface area contributed by atoms with Crippen LogP contribution in [0.25, 0.3) is 0 Å². The number of hydrogen-bond donors (Lipinski definition) is 1. The lowest BCUT2D eigenvalue weighted by Gasteiger charge is -2.35. The average molecular weight is 435 g/mol. The van der Waals surface area contributed by atoms with Gasteiger partial charge in [-0.15, -0.1) is 0 Å². The van der Waals surface area contributed by atoms with E-state index < -0.39 is 0 Å².